The molecule has 272 valence electrons. The van der Waals surface area contributed by atoms with Crippen LogP contribution in [0.15, 0.2) is 63.9 Å². The van der Waals surface area contributed by atoms with Gasteiger partial charge in [0.15, 0.2) is 33.0 Å². The van der Waals surface area contributed by atoms with E-state index in [9.17, 15) is 27.1 Å². The number of carbonyl (C=O) groups is 1. The standard InChI is InChI=1S/C35H29F5N4O7S/c1-17-42-31(20-7-9-27-28(12-20)51-35(39,40)50-27)32(49-17)23-10-19(21-11-25(36)24(16-45)29(13-21)52(3,47)48)6-8-22(23)26-14-30(43-44(26)2)34(37,38)33(46)41-15-18-4-5-18/h6-14,18,45H,4-5,15-16H2,1-3H3,(H,41,46). The molecule has 5 aromatic rings. The Kier molecular flexibility index (Phi) is 8.40. The van der Waals surface area contributed by atoms with Crippen molar-refractivity contribution in [2.75, 3.05) is 12.8 Å². The van der Waals surface area contributed by atoms with E-state index in [0.29, 0.717) is 0 Å². The maximum Gasteiger partial charge on any atom is 0.586 e. The van der Waals surface area contributed by atoms with Gasteiger partial charge in [0.05, 0.1) is 17.2 Å². The number of oxazole rings is 1. The minimum atomic E-state index is -4.01. The van der Waals surface area contributed by atoms with E-state index in [0.717, 1.165) is 35.9 Å². The van der Waals surface area contributed by atoms with Gasteiger partial charge in [-0.2, -0.15) is 13.9 Å². The summed E-state index contributed by atoms with van der Waals surface area (Å²) in [5.41, 5.74) is -0.101. The van der Waals surface area contributed by atoms with Crippen molar-refractivity contribution in [1.82, 2.24) is 20.1 Å². The molecule has 0 radical (unpaired) electrons. The van der Waals surface area contributed by atoms with E-state index in [1.165, 1.54) is 56.4 Å². The first-order chi connectivity index (χ1) is 24.4. The van der Waals surface area contributed by atoms with E-state index in [4.69, 9.17) is 4.42 Å². The summed E-state index contributed by atoms with van der Waals surface area (Å²) >= 11 is 0. The Bertz CT molecular complexity index is 2370. The van der Waals surface area contributed by atoms with Crippen LogP contribution < -0.4 is 14.8 Å². The van der Waals surface area contributed by atoms with Crippen LogP contribution in [0.25, 0.3) is 45.0 Å². The number of amides is 1. The van der Waals surface area contributed by atoms with Crippen molar-refractivity contribution in [3.8, 4) is 56.5 Å². The predicted octanol–water partition coefficient (Wildman–Crippen LogP) is 6.36. The number of fused-ring (bicyclic) bond motifs is 1. The summed E-state index contributed by atoms with van der Waals surface area (Å²) in [6.45, 7) is 0.751. The first kappa shape index (κ1) is 35.1. The molecule has 11 nitrogen and oxygen atoms in total. The van der Waals surface area contributed by atoms with Crippen LogP contribution in [0.3, 0.4) is 0 Å². The van der Waals surface area contributed by atoms with Crippen molar-refractivity contribution in [3.05, 3.63) is 77.6 Å². The number of hydrogen-bond acceptors (Lipinski definition) is 9. The highest BCUT2D eigenvalue weighted by atomic mass is 32.2. The molecule has 2 aromatic heterocycles. The number of alkyl halides is 4. The van der Waals surface area contributed by atoms with E-state index in [1.807, 2.05) is 0 Å². The number of hydrogen-bond donors (Lipinski definition) is 2. The average molecular weight is 745 g/mol. The van der Waals surface area contributed by atoms with Gasteiger partial charge in [-0.05, 0) is 72.4 Å². The summed E-state index contributed by atoms with van der Waals surface area (Å²) in [5, 5.41) is 16.0. The Morgan fingerprint density at radius 1 is 1.02 bits per heavy atom. The molecule has 7 rings (SSSR count). The Morgan fingerprint density at radius 3 is 2.42 bits per heavy atom. The van der Waals surface area contributed by atoms with Gasteiger partial charge in [0.2, 0.25) is 0 Å². The fraction of sp³-hybridized carbons (Fsp3) is 0.286. The smallest absolute Gasteiger partial charge is 0.440 e. The third-order valence-electron chi connectivity index (χ3n) is 8.73. The van der Waals surface area contributed by atoms with Gasteiger partial charge < -0.3 is 24.3 Å². The van der Waals surface area contributed by atoms with Crippen molar-refractivity contribution < 1.29 is 54.2 Å². The van der Waals surface area contributed by atoms with Crippen LogP contribution in [0, 0.1) is 18.7 Å². The summed E-state index contributed by atoms with van der Waals surface area (Å²) in [5.74, 6) is -6.70. The van der Waals surface area contributed by atoms with Crippen LogP contribution in [-0.2, 0) is 34.2 Å². The molecule has 1 saturated carbocycles. The highest BCUT2D eigenvalue weighted by Crippen LogP contribution is 2.46. The van der Waals surface area contributed by atoms with E-state index < -0.39 is 56.5 Å². The van der Waals surface area contributed by atoms with Crippen molar-refractivity contribution in [1.29, 1.82) is 0 Å². The van der Waals surface area contributed by atoms with Crippen LogP contribution in [0.1, 0.15) is 30.0 Å². The molecule has 0 saturated heterocycles. The number of aromatic nitrogens is 3. The summed E-state index contributed by atoms with van der Waals surface area (Å²) < 4.78 is 115. The fourth-order valence-corrected chi connectivity index (χ4v) is 6.91. The second-order valence-corrected chi connectivity index (χ2v) is 14.6. The number of benzene rings is 3. The van der Waals surface area contributed by atoms with Gasteiger partial charge in [0.1, 0.15) is 17.2 Å². The minimum Gasteiger partial charge on any atom is -0.440 e. The van der Waals surface area contributed by atoms with Crippen LogP contribution in [-0.4, -0.2) is 53.3 Å². The van der Waals surface area contributed by atoms with Crippen molar-refractivity contribution in [3.63, 3.8) is 0 Å². The molecule has 0 bridgehead atoms. The summed E-state index contributed by atoms with van der Waals surface area (Å²) in [7, 11) is -2.62. The van der Waals surface area contributed by atoms with Gasteiger partial charge in [0, 0.05) is 49.0 Å². The molecule has 0 unspecified atom stereocenters. The zero-order chi connectivity index (χ0) is 37.3. The second kappa shape index (κ2) is 12.4. The molecular formula is C35H29F5N4O7S. The van der Waals surface area contributed by atoms with Gasteiger partial charge in [-0.15, -0.1) is 8.78 Å². The number of ether oxygens (including phenoxy) is 2. The van der Waals surface area contributed by atoms with E-state index in [2.05, 4.69) is 24.9 Å². The van der Waals surface area contributed by atoms with Gasteiger partial charge in [-0.3, -0.25) is 9.48 Å². The first-order valence-corrected chi connectivity index (χ1v) is 17.7. The number of nitrogens with zero attached hydrogens (tertiary/aromatic N) is 3. The van der Waals surface area contributed by atoms with Crippen LogP contribution in [0.5, 0.6) is 11.5 Å². The Labute approximate surface area is 292 Å². The quantitative estimate of drug-likeness (QED) is 0.156. The maximum absolute atomic E-state index is 15.4. The number of nitrogens with one attached hydrogen (secondary N) is 1. The maximum atomic E-state index is 15.4. The molecule has 1 aliphatic carbocycles. The average Bonchev–Trinajstić information content (AvgIpc) is 3.57. The molecule has 2 N–H and O–H groups in total. The van der Waals surface area contributed by atoms with Crippen molar-refractivity contribution in [2.45, 2.75) is 43.5 Å². The normalized spacial score (nSPS) is 15.2. The third kappa shape index (κ3) is 6.49. The van der Waals surface area contributed by atoms with Gasteiger partial charge >= 0.3 is 12.2 Å². The SMILES string of the molecule is Cc1nc(-c2ccc3c(c2)OC(F)(F)O3)c(-c2cc(-c3cc(F)c(CO)c(S(C)(=O)=O)c3)ccc2-c2cc(C(F)(F)C(=O)NCC3CC3)nn2C)o1. The largest absolute Gasteiger partial charge is 0.586 e. The van der Waals surface area contributed by atoms with E-state index in [-0.39, 0.29) is 74.8 Å². The number of aliphatic hydroxyl groups is 1. The monoisotopic (exact) mass is 744 g/mol. The van der Waals surface area contributed by atoms with Gasteiger partial charge in [0.25, 0.3) is 5.91 Å². The van der Waals surface area contributed by atoms with Gasteiger partial charge in [-0.25, -0.2) is 17.8 Å². The second-order valence-electron chi connectivity index (χ2n) is 12.6. The minimum absolute atomic E-state index is 0.0208. The van der Waals surface area contributed by atoms with Crippen LogP contribution in [0.4, 0.5) is 22.0 Å². The Morgan fingerprint density at radius 2 is 1.73 bits per heavy atom. The predicted molar refractivity (Wildman–Crippen MR) is 175 cm³/mol. The van der Waals surface area contributed by atoms with Crippen LogP contribution >= 0.6 is 0 Å². The summed E-state index contributed by atoms with van der Waals surface area (Å²) in [6, 6.07) is 11.6. The molecule has 1 amide bonds. The summed E-state index contributed by atoms with van der Waals surface area (Å²) in [4.78, 5) is 16.6. The molecular weight excluding hydrogens is 715 g/mol. The molecule has 2 aliphatic rings. The fourth-order valence-electron chi connectivity index (χ4n) is 5.96. The van der Waals surface area contributed by atoms with E-state index in [1.54, 1.807) is 0 Å². The first-order valence-electron chi connectivity index (χ1n) is 15.8. The Hall–Kier alpha value is -5.29. The lowest BCUT2D eigenvalue weighted by Gasteiger charge is -2.14. The molecule has 3 aromatic carbocycles. The number of sulfone groups is 1. The number of halogens is 5. The highest BCUT2D eigenvalue weighted by Gasteiger charge is 2.45. The van der Waals surface area contributed by atoms with Gasteiger partial charge in [-0.1, -0.05) is 12.1 Å². The number of aliphatic hydroxyl groups excluding tert-OH is 1. The van der Waals surface area contributed by atoms with Crippen molar-refractivity contribution in [2.24, 2.45) is 13.0 Å². The molecule has 3 heterocycles. The number of carbonyl (C=O) groups excluding carboxylic acids is 1. The molecule has 0 atom stereocenters. The number of rotatable bonds is 10. The highest BCUT2D eigenvalue weighted by molar-refractivity contribution is 7.90. The lowest BCUT2D eigenvalue weighted by Crippen LogP contribution is -2.39. The van der Waals surface area contributed by atoms with Crippen molar-refractivity contribution >= 4 is 15.7 Å². The van der Waals surface area contributed by atoms with Crippen LogP contribution in [0.2, 0.25) is 0 Å². The number of aryl methyl sites for hydroxylation is 2. The lowest BCUT2D eigenvalue weighted by molar-refractivity contribution is -0.286. The molecule has 17 heteroatoms. The van der Waals surface area contributed by atoms with E-state index >= 15 is 13.2 Å². The molecule has 1 fully saturated rings. The molecule has 0 spiro atoms. The molecule has 1 aliphatic heterocycles. The molecule has 52 heavy (non-hydrogen) atoms. The topological polar surface area (TPSA) is 146 Å². The zero-order valence-electron chi connectivity index (χ0n) is 27.6. The zero-order valence-corrected chi connectivity index (χ0v) is 28.5. The Balaban J connectivity index is 1.40. The third-order valence-corrected chi connectivity index (χ3v) is 9.89. The summed E-state index contributed by atoms with van der Waals surface area (Å²) in [6.07, 6.45) is -1.35. The lowest BCUT2D eigenvalue weighted by atomic mass is 9.93.